The molecule has 0 aliphatic rings. The molecule has 0 saturated heterocycles. The summed E-state index contributed by atoms with van der Waals surface area (Å²) in [6.07, 6.45) is 0.354. The predicted molar refractivity (Wildman–Crippen MR) is 75.5 cm³/mol. The first-order valence-electron chi connectivity index (χ1n) is 6.35. The van der Waals surface area contributed by atoms with Gasteiger partial charge in [0.2, 0.25) is 15.9 Å². The summed E-state index contributed by atoms with van der Waals surface area (Å²) < 4.78 is 26.0. The molecule has 0 radical (unpaired) electrons. The Morgan fingerprint density at radius 1 is 1.21 bits per heavy atom. The van der Waals surface area contributed by atoms with Crippen LogP contribution in [0.4, 0.5) is 5.69 Å². The molecule has 0 fully saturated rings. The molecule has 0 aliphatic heterocycles. The minimum Gasteiger partial charge on any atom is -0.326 e. The third-order valence-electron chi connectivity index (χ3n) is 2.78. The highest BCUT2D eigenvalue weighted by Gasteiger charge is 2.21. The van der Waals surface area contributed by atoms with Crippen molar-refractivity contribution < 1.29 is 13.2 Å². The van der Waals surface area contributed by atoms with Crippen molar-refractivity contribution in [2.24, 2.45) is 0 Å². The molecule has 106 valence electrons. The second kappa shape index (κ2) is 6.68. The molecule has 0 atom stereocenters. The Bertz CT molecular complexity index is 537. The molecule has 0 aliphatic carbocycles. The number of sulfonamides is 1. The SMILES string of the molecule is CCC(=O)Nc1cccc(S(=O)(=O)N(CC)CC)c1. The van der Waals surface area contributed by atoms with E-state index >= 15 is 0 Å². The molecule has 5 nitrogen and oxygen atoms in total. The number of hydrogen-bond donors (Lipinski definition) is 1. The molecule has 0 saturated carbocycles. The molecule has 1 aromatic carbocycles. The standard InChI is InChI=1S/C13H20N2O3S/c1-4-13(16)14-11-8-7-9-12(10-11)19(17,18)15(5-2)6-3/h7-10H,4-6H2,1-3H3,(H,14,16). The second-order valence-electron chi connectivity index (χ2n) is 4.02. The van der Waals surface area contributed by atoms with E-state index in [1.165, 1.54) is 16.4 Å². The molecule has 6 heteroatoms. The van der Waals surface area contributed by atoms with E-state index in [1.54, 1.807) is 32.9 Å². The van der Waals surface area contributed by atoms with Gasteiger partial charge in [-0.1, -0.05) is 26.8 Å². The lowest BCUT2D eigenvalue weighted by molar-refractivity contribution is -0.115. The molecule has 0 spiro atoms. The van der Waals surface area contributed by atoms with Crippen molar-refractivity contribution in [2.45, 2.75) is 32.1 Å². The van der Waals surface area contributed by atoms with E-state index in [9.17, 15) is 13.2 Å². The van der Waals surface area contributed by atoms with Gasteiger partial charge in [0.1, 0.15) is 0 Å². The van der Waals surface area contributed by atoms with E-state index < -0.39 is 10.0 Å². The maximum atomic E-state index is 12.3. The van der Waals surface area contributed by atoms with Crippen molar-refractivity contribution in [3.8, 4) is 0 Å². The van der Waals surface area contributed by atoms with Gasteiger partial charge in [0, 0.05) is 25.2 Å². The van der Waals surface area contributed by atoms with Crippen molar-refractivity contribution in [2.75, 3.05) is 18.4 Å². The Morgan fingerprint density at radius 2 is 1.84 bits per heavy atom. The molecule has 0 unspecified atom stereocenters. The van der Waals surface area contributed by atoms with Crippen molar-refractivity contribution in [1.82, 2.24) is 4.31 Å². The van der Waals surface area contributed by atoms with Gasteiger partial charge in [-0.15, -0.1) is 0 Å². The summed E-state index contributed by atoms with van der Waals surface area (Å²) in [4.78, 5) is 11.5. The van der Waals surface area contributed by atoms with Gasteiger partial charge < -0.3 is 5.32 Å². The summed E-state index contributed by atoms with van der Waals surface area (Å²) in [5.41, 5.74) is 0.500. The Hall–Kier alpha value is -1.40. The Balaban J connectivity index is 3.08. The van der Waals surface area contributed by atoms with E-state index in [2.05, 4.69) is 5.32 Å². The van der Waals surface area contributed by atoms with Crippen LogP contribution in [0.15, 0.2) is 29.2 Å². The molecule has 1 rings (SSSR count). The van der Waals surface area contributed by atoms with Crippen molar-refractivity contribution >= 4 is 21.6 Å². The molecule has 1 amide bonds. The maximum absolute atomic E-state index is 12.3. The highest BCUT2D eigenvalue weighted by Crippen LogP contribution is 2.19. The van der Waals surface area contributed by atoms with Gasteiger partial charge in [-0.2, -0.15) is 4.31 Å². The predicted octanol–water partition coefficient (Wildman–Crippen LogP) is 2.07. The third kappa shape index (κ3) is 3.78. The van der Waals surface area contributed by atoms with Gasteiger partial charge >= 0.3 is 0 Å². The van der Waals surface area contributed by atoms with Crippen LogP contribution >= 0.6 is 0 Å². The van der Waals surface area contributed by atoms with Crippen LogP contribution in [0.5, 0.6) is 0 Å². The van der Waals surface area contributed by atoms with Gasteiger partial charge in [-0.25, -0.2) is 8.42 Å². The summed E-state index contributed by atoms with van der Waals surface area (Å²) >= 11 is 0. The largest absolute Gasteiger partial charge is 0.326 e. The van der Waals surface area contributed by atoms with Crippen molar-refractivity contribution in [3.05, 3.63) is 24.3 Å². The number of hydrogen-bond acceptors (Lipinski definition) is 3. The highest BCUT2D eigenvalue weighted by molar-refractivity contribution is 7.89. The topological polar surface area (TPSA) is 66.5 Å². The molecule has 0 bridgehead atoms. The Kier molecular flexibility index (Phi) is 5.50. The number of rotatable bonds is 6. The van der Waals surface area contributed by atoms with E-state index in [0.29, 0.717) is 25.2 Å². The van der Waals surface area contributed by atoms with Gasteiger partial charge in [0.05, 0.1) is 4.90 Å². The Labute approximate surface area is 114 Å². The first-order chi connectivity index (χ1) is 8.95. The smallest absolute Gasteiger partial charge is 0.243 e. The van der Waals surface area contributed by atoms with E-state index in [0.717, 1.165) is 0 Å². The number of carbonyl (C=O) groups is 1. The van der Waals surface area contributed by atoms with Crippen LogP contribution in [0.25, 0.3) is 0 Å². The second-order valence-corrected chi connectivity index (χ2v) is 5.96. The number of anilines is 1. The monoisotopic (exact) mass is 284 g/mol. The maximum Gasteiger partial charge on any atom is 0.243 e. The number of carbonyl (C=O) groups excluding carboxylic acids is 1. The van der Waals surface area contributed by atoms with Gasteiger partial charge in [0.15, 0.2) is 0 Å². The van der Waals surface area contributed by atoms with E-state index in [-0.39, 0.29) is 10.8 Å². The van der Waals surface area contributed by atoms with Gasteiger partial charge in [0.25, 0.3) is 0 Å². The summed E-state index contributed by atoms with van der Waals surface area (Å²) in [6.45, 7) is 6.17. The molecule has 0 aromatic heterocycles. The first-order valence-corrected chi connectivity index (χ1v) is 7.79. The lowest BCUT2D eigenvalue weighted by Crippen LogP contribution is -2.30. The number of amides is 1. The van der Waals surface area contributed by atoms with Crippen LogP contribution in [-0.4, -0.2) is 31.7 Å². The van der Waals surface area contributed by atoms with Crippen LogP contribution in [0.3, 0.4) is 0 Å². The molecule has 1 N–H and O–H groups in total. The summed E-state index contributed by atoms with van der Waals surface area (Å²) in [6, 6.07) is 6.33. The van der Waals surface area contributed by atoms with Crippen molar-refractivity contribution in [1.29, 1.82) is 0 Å². The first kappa shape index (κ1) is 15.7. The molecular weight excluding hydrogens is 264 g/mol. The zero-order valence-electron chi connectivity index (χ0n) is 11.5. The minimum atomic E-state index is -3.48. The quantitative estimate of drug-likeness (QED) is 0.869. The summed E-state index contributed by atoms with van der Waals surface area (Å²) in [5.74, 6) is -0.141. The summed E-state index contributed by atoms with van der Waals surface area (Å²) in [5, 5.41) is 2.66. The fourth-order valence-corrected chi connectivity index (χ4v) is 3.20. The molecule has 0 heterocycles. The molecule has 19 heavy (non-hydrogen) atoms. The number of nitrogens with one attached hydrogen (secondary N) is 1. The van der Waals surface area contributed by atoms with Crippen molar-refractivity contribution in [3.63, 3.8) is 0 Å². The third-order valence-corrected chi connectivity index (χ3v) is 4.83. The van der Waals surface area contributed by atoms with Crippen LogP contribution < -0.4 is 5.32 Å². The average molecular weight is 284 g/mol. The van der Waals surface area contributed by atoms with Crippen LogP contribution in [-0.2, 0) is 14.8 Å². The number of benzene rings is 1. The highest BCUT2D eigenvalue weighted by atomic mass is 32.2. The molecular formula is C13H20N2O3S. The lowest BCUT2D eigenvalue weighted by atomic mass is 10.3. The fraction of sp³-hybridized carbons (Fsp3) is 0.462. The Morgan fingerprint density at radius 3 is 2.37 bits per heavy atom. The fourth-order valence-electron chi connectivity index (χ4n) is 1.70. The van der Waals surface area contributed by atoms with Crippen LogP contribution in [0.2, 0.25) is 0 Å². The summed E-state index contributed by atoms with van der Waals surface area (Å²) in [7, 11) is -3.48. The lowest BCUT2D eigenvalue weighted by Gasteiger charge is -2.18. The van der Waals surface area contributed by atoms with Gasteiger partial charge in [-0.3, -0.25) is 4.79 Å². The van der Waals surface area contributed by atoms with Crippen LogP contribution in [0, 0.1) is 0 Å². The zero-order valence-corrected chi connectivity index (χ0v) is 12.3. The van der Waals surface area contributed by atoms with Gasteiger partial charge in [-0.05, 0) is 18.2 Å². The van der Waals surface area contributed by atoms with Crippen LogP contribution in [0.1, 0.15) is 27.2 Å². The minimum absolute atomic E-state index is 0.141. The molecule has 1 aromatic rings. The zero-order chi connectivity index (χ0) is 14.5. The normalized spacial score (nSPS) is 11.6. The average Bonchev–Trinajstić information content (AvgIpc) is 2.40. The van der Waals surface area contributed by atoms with E-state index in [1.807, 2.05) is 0 Å². The van der Waals surface area contributed by atoms with E-state index in [4.69, 9.17) is 0 Å². The number of nitrogens with zero attached hydrogens (tertiary/aromatic N) is 1.